The van der Waals surface area contributed by atoms with Gasteiger partial charge in [-0.05, 0) is 24.6 Å². The normalized spacial score (nSPS) is 10.7. The van der Waals surface area contributed by atoms with Crippen LogP contribution in [-0.4, -0.2) is 23.4 Å². The summed E-state index contributed by atoms with van der Waals surface area (Å²) in [7, 11) is 0. The largest absolute Gasteiger partial charge is 0.399 e. The van der Waals surface area contributed by atoms with Gasteiger partial charge in [-0.25, -0.2) is 0 Å². The van der Waals surface area contributed by atoms with Crippen LogP contribution < -0.4 is 5.73 Å². The zero-order valence-electron chi connectivity index (χ0n) is 10.4. The Bertz CT molecular complexity index is 479. The fourth-order valence-corrected chi connectivity index (χ4v) is 1.58. The summed E-state index contributed by atoms with van der Waals surface area (Å²) in [6.45, 7) is 3.29. The number of hydrogen-bond acceptors (Lipinski definition) is 5. The van der Waals surface area contributed by atoms with Gasteiger partial charge in [0.1, 0.15) is 0 Å². The Morgan fingerprint density at radius 2 is 2.06 bits per heavy atom. The molecule has 0 fully saturated rings. The number of rotatable bonds is 6. The van der Waals surface area contributed by atoms with Crippen molar-refractivity contribution < 1.29 is 9.26 Å². The summed E-state index contributed by atoms with van der Waals surface area (Å²) in [6, 6.07) is 7.64. The quantitative estimate of drug-likeness (QED) is 0.622. The first kappa shape index (κ1) is 12.6. The Kier molecular flexibility index (Phi) is 4.30. The number of hydrogen-bond donors (Lipinski definition) is 1. The molecule has 0 spiro atoms. The minimum atomic E-state index is 0.617. The van der Waals surface area contributed by atoms with E-state index in [0.29, 0.717) is 37.8 Å². The SMILES string of the molecule is CCOCCc1noc(Cc2ccc(N)cc2)n1. The molecule has 0 amide bonds. The molecule has 0 saturated carbocycles. The molecule has 0 radical (unpaired) electrons. The Balaban J connectivity index is 1.91. The van der Waals surface area contributed by atoms with E-state index in [1.807, 2.05) is 31.2 Å². The zero-order valence-corrected chi connectivity index (χ0v) is 10.4. The van der Waals surface area contributed by atoms with Crippen molar-refractivity contribution in [2.75, 3.05) is 18.9 Å². The monoisotopic (exact) mass is 247 g/mol. The molecule has 1 aromatic heterocycles. The van der Waals surface area contributed by atoms with Crippen LogP contribution in [0.15, 0.2) is 28.8 Å². The van der Waals surface area contributed by atoms with Crippen molar-refractivity contribution in [1.29, 1.82) is 0 Å². The fourth-order valence-electron chi connectivity index (χ4n) is 1.58. The van der Waals surface area contributed by atoms with Crippen molar-refractivity contribution in [3.8, 4) is 0 Å². The minimum absolute atomic E-state index is 0.617. The molecule has 2 rings (SSSR count). The van der Waals surface area contributed by atoms with E-state index in [0.717, 1.165) is 11.3 Å². The molecule has 0 bridgehead atoms. The summed E-state index contributed by atoms with van der Waals surface area (Å²) >= 11 is 0. The molecule has 0 atom stereocenters. The summed E-state index contributed by atoms with van der Waals surface area (Å²) in [6.07, 6.45) is 1.31. The average Bonchev–Trinajstić information content (AvgIpc) is 2.80. The third-order valence-corrected chi connectivity index (χ3v) is 2.52. The minimum Gasteiger partial charge on any atom is -0.399 e. The number of benzene rings is 1. The molecule has 18 heavy (non-hydrogen) atoms. The average molecular weight is 247 g/mol. The van der Waals surface area contributed by atoms with Crippen LogP contribution in [0.4, 0.5) is 5.69 Å². The van der Waals surface area contributed by atoms with E-state index in [1.54, 1.807) is 0 Å². The molecule has 2 aromatic rings. The van der Waals surface area contributed by atoms with Crippen molar-refractivity contribution in [3.05, 3.63) is 41.5 Å². The van der Waals surface area contributed by atoms with Gasteiger partial charge in [-0.2, -0.15) is 4.98 Å². The lowest BCUT2D eigenvalue weighted by molar-refractivity contribution is 0.149. The number of nitrogens with zero attached hydrogens (tertiary/aromatic N) is 2. The van der Waals surface area contributed by atoms with Crippen LogP contribution in [0.3, 0.4) is 0 Å². The lowest BCUT2D eigenvalue weighted by atomic mass is 10.1. The standard InChI is InChI=1S/C13H17N3O2/c1-2-17-8-7-12-15-13(18-16-12)9-10-3-5-11(14)6-4-10/h3-6H,2,7-9,14H2,1H3. The second-order valence-electron chi connectivity index (χ2n) is 3.97. The molecule has 5 heteroatoms. The van der Waals surface area contributed by atoms with E-state index in [2.05, 4.69) is 10.1 Å². The number of nitrogen functional groups attached to an aromatic ring is 1. The first-order chi connectivity index (χ1) is 8.78. The van der Waals surface area contributed by atoms with Gasteiger partial charge in [0, 0.05) is 18.7 Å². The van der Waals surface area contributed by atoms with Crippen molar-refractivity contribution in [2.45, 2.75) is 19.8 Å². The second kappa shape index (κ2) is 6.16. The van der Waals surface area contributed by atoms with Crippen molar-refractivity contribution in [3.63, 3.8) is 0 Å². The Morgan fingerprint density at radius 1 is 1.28 bits per heavy atom. The molecular weight excluding hydrogens is 230 g/mol. The van der Waals surface area contributed by atoms with Crippen LogP contribution in [0.2, 0.25) is 0 Å². The van der Waals surface area contributed by atoms with Crippen molar-refractivity contribution >= 4 is 5.69 Å². The molecule has 0 unspecified atom stereocenters. The summed E-state index contributed by atoms with van der Waals surface area (Å²) in [4.78, 5) is 4.31. The third-order valence-electron chi connectivity index (χ3n) is 2.52. The number of aromatic nitrogens is 2. The van der Waals surface area contributed by atoms with Gasteiger partial charge in [0.25, 0.3) is 0 Å². The highest BCUT2D eigenvalue weighted by Gasteiger charge is 2.06. The molecule has 0 saturated heterocycles. The van der Waals surface area contributed by atoms with Gasteiger partial charge in [0.2, 0.25) is 5.89 Å². The van der Waals surface area contributed by atoms with Crippen molar-refractivity contribution in [2.24, 2.45) is 0 Å². The molecular formula is C13H17N3O2. The molecule has 2 N–H and O–H groups in total. The van der Waals surface area contributed by atoms with Gasteiger partial charge in [-0.3, -0.25) is 0 Å². The van der Waals surface area contributed by atoms with Gasteiger partial charge in [0.15, 0.2) is 5.82 Å². The van der Waals surface area contributed by atoms with Crippen LogP contribution >= 0.6 is 0 Å². The van der Waals surface area contributed by atoms with Gasteiger partial charge >= 0.3 is 0 Å². The van der Waals surface area contributed by atoms with Gasteiger partial charge in [-0.1, -0.05) is 17.3 Å². The number of ether oxygens (including phenoxy) is 1. The van der Waals surface area contributed by atoms with E-state index in [4.69, 9.17) is 15.0 Å². The second-order valence-corrected chi connectivity index (χ2v) is 3.97. The smallest absolute Gasteiger partial charge is 0.231 e. The first-order valence-corrected chi connectivity index (χ1v) is 6.01. The third kappa shape index (κ3) is 3.56. The fraction of sp³-hybridized carbons (Fsp3) is 0.385. The lowest BCUT2D eigenvalue weighted by Crippen LogP contribution is -1.99. The highest BCUT2D eigenvalue weighted by molar-refractivity contribution is 5.39. The molecule has 0 aliphatic carbocycles. The molecule has 0 aliphatic rings. The zero-order chi connectivity index (χ0) is 12.8. The maximum atomic E-state index is 5.63. The predicted octanol–water partition coefficient (Wildman–Crippen LogP) is 1.82. The van der Waals surface area contributed by atoms with Crippen LogP contribution in [-0.2, 0) is 17.6 Å². The van der Waals surface area contributed by atoms with E-state index < -0.39 is 0 Å². The van der Waals surface area contributed by atoms with E-state index in [-0.39, 0.29) is 0 Å². The summed E-state index contributed by atoms with van der Waals surface area (Å²) in [5.41, 5.74) is 7.48. The van der Waals surface area contributed by atoms with Crippen LogP contribution in [0, 0.1) is 0 Å². The van der Waals surface area contributed by atoms with Crippen molar-refractivity contribution in [1.82, 2.24) is 10.1 Å². The molecule has 0 aliphatic heterocycles. The highest BCUT2D eigenvalue weighted by Crippen LogP contribution is 2.10. The van der Waals surface area contributed by atoms with E-state index in [9.17, 15) is 0 Å². The van der Waals surface area contributed by atoms with E-state index >= 15 is 0 Å². The van der Waals surface area contributed by atoms with Crippen LogP contribution in [0.5, 0.6) is 0 Å². The van der Waals surface area contributed by atoms with Crippen LogP contribution in [0.25, 0.3) is 0 Å². The van der Waals surface area contributed by atoms with Crippen LogP contribution in [0.1, 0.15) is 24.2 Å². The van der Waals surface area contributed by atoms with Gasteiger partial charge in [0.05, 0.1) is 13.0 Å². The summed E-state index contributed by atoms with van der Waals surface area (Å²) < 4.78 is 10.4. The molecule has 1 heterocycles. The molecule has 1 aromatic carbocycles. The van der Waals surface area contributed by atoms with E-state index in [1.165, 1.54) is 0 Å². The predicted molar refractivity (Wildman–Crippen MR) is 68.2 cm³/mol. The Labute approximate surface area is 106 Å². The first-order valence-electron chi connectivity index (χ1n) is 6.01. The maximum Gasteiger partial charge on any atom is 0.231 e. The maximum absolute atomic E-state index is 5.63. The molecule has 96 valence electrons. The lowest BCUT2D eigenvalue weighted by Gasteiger charge is -1.97. The van der Waals surface area contributed by atoms with Gasteiger partial charge in [-0.15, -0.1) is 0 Å². The van der Waals surface area contributed by atoms with Gasteiger partial charge < -0.3 is 15.0 Å². The number of nitrogens with two attached hydrogens (primary N) is 1. The summed E-state index contributed by atoms with van der Waals surface area (Å²) in [5.74, 6) is 1.31. The molecule has 5 nitrogen and oxygen atoms in total. The number of anilines is 1. The highest BCUT2D eigenvalue weighted by atomic mass is 16.5. The topological polar surface area (TPSA) is 74.2 Å². The summed E-state index contributed by atoms with van der Waals surface area (Å²) in [5, 5.41) is 3.91. The Hall–Kier alpha value is -1.88. The Morgan fingerprint density at radius 3 is 2.78 bits per heavy atom.